The van der Waals surface area contributed by atoms with Crippen LogP contribution in [0.15, 0.2) is 0 Å². The monoisotopic (exact) mass is 217 g/mol. The lowest BCUT2D eigenvalue weighted by Gasteiger charge is -2.28. The summed E-state index contributed by atoms with van der Waals surface area (Å²) in [5.74, 6) is -3.92. The van der Waals surface area contributed by atoms with Crippen molar-refractivity contribution < 1.29 is 41.7 Å². The van der Waals surface area contributed by atoms with E-state index in [1.165, 1.54) is 0 Å². The van der Waals surface area contributed by atoms with Gasteiger partial charge in [-0.05, 0) is 0 Å². The van der Waals surface area contributed by atoms with Crippen LogP contribution in [0.4, 0.5) is 0 Å². The van der Waals surface area contributed by atoms with Crippen LogP contribution < -0.4 is 0 Å². The van der Waals surface area contributed by atoms with Crippen molar-refractivity contribution in [2.75, 3.05) is 27.4 Å². The van der Waals surface area contributed by atoms with Gasteiger partial charge >= 0.3 is 11.9 Å². The largest absolute Gasteiger partial charge is 0.481 e. The number of nitrogens with zero attached hydrogens (tertiary/aromatic N) is 1. The summed E-state index contributed by atoms with van der Waals surface area (Å²) in [6.45, 7) is -16.2. The van der Waals surface area contributed by atoms with Gasteiger partial charge < -0.3 is 14.3 Å². The molecule has 0 rings (SSSR count). The van der Waals surface area contributed by atoms with Gasteiger partial charge in [-0.2, -0.15) is 0 Å². The van der Waals surface area contributed by atoms with Crippen LogP contribution in [0.2, 0.25) is 0 Å². The first kappa shape index (κ1) is 2.95. The Bertz CT molecular complexity index is 554. The van der Waals surface area contributed by atoms with Crippen LogP contribution in [0.5, 0.6) is 0 Å². The van der Waals surface area contributed by atoms with E-state index in [0.29, 0.717) is 6.92 Å². The first-order valence-electron chi connectivity index (χ1n) is 9.79. The molecule has 0 aromatic rings. The molecule has 0 saturated heterocycles. The highest BCUT2D eigenvalue weighted by Gasteiger charge is 2.23. The lowest BCUT2D eigenvalue weighted by Crippen LogP contribution is -2.43. The molecule has 0 radical (unpaired) electrons. The minimum atomic E-state index is -4.27. The smallest absolute Gasteiger partial charge is 0.307 e. The van der Waals surface area contributed by atoms with Crippen LogP contribution >= 0.6 is 0 Å². The van der Waals surface area contributed by atoms with Crippen molar-refractivity contribution in [1.29, 1.82) is 0 Å². The predicted molar refractivity (Wildman–Crippen MR) is 50.7 cm³/mol. The first-order chi connectivity index (χ1) is 11.5. The summed E-state index contributed by atoms with van der Waals surface area (Å²) in [6, 6.07) is 0. The molecule has 0 spiro atoms. The maximum absolute atomic E-state index is 11.3. The van der Waals surface area contributed by atoms with E-state index < -0.39 is 56.3 Å². The average molecular weight is 217 g/mol. The van der Waals surface area contributed by atoms with E-state index >= 15 is 0 Å². The fourth-order valence-corrected chi connectivity index (χ4v) is 0.542. The molecular formula is C9H18NO4+. The third kappa shape index (κ3) is 7.54. The van der Waals surface area contributed by atoms with Gasteiger partial charge in [0.25, 0.3) is 0 Å². The molecule has 1 N–H and O–H groups in total. The van der Waals surface area contributed by atoms with Gasteiger partial charge in [-0.1, -0.05) is 0 Å². The lowest BCUT2D eigenvalue weighted by atomic mass is 10.2. The van der Waals surface area contributed by atoms with Crippen molar-refractivity contribution in [2.45, 2.75) is 19.4 Å². The molecule has 1 atom stereocenters. The van der Waals surface area contributed by atoms with Gasteiger partial charge in [-0.3, -0.25) is 9.59 Å². The Kier molecular flexibility index (Phi) is 1.04. The normalized spacial score (nSPS) is 31.9. The van der Waals surface area contributed by atoms with Gasteiger partial charge in [0.1, 0.15) is 6.50 Å². The molecule has 5 heteroatoms. The Labute approximate surface area is 102 Å². The number of aliphatic carboxylic acids is 1. The molecule has 0 bridgehead atoms. The van der Waals surface area contributed by atoms with Crippen LogP contribution in [-0.2, 0) is 14.3 Å². The van der Waals surface area contributed by atoms with Gasteiger partial charge in [0.2, 0.25) is 0 Å². The summed E-state index contributed by atoms with van der Waals surface area (Å²) < 4.78 is 98.7. The summed E-state index contributed by atoms with van der Waals surface area (Å²) >= 11 is 0. The summed E-state index contributed by atoms with van der Waals surface area (Å²) in [7, 11) is 0. The molecule has 0 heterocycles. The van der Waals surface area contributed by atoms with Gasteiger partial charge in [0.05, 0.1) is 42.4 Å². The van der Waals surface area contributed by atoms with E-state index in [-0.39, 0.29) is 0 Å². The Morgan fingerprint density at radius 2 is 2.14 bits per heavy atom. The van der Waals surface area contributed by atoms with Crippen LogP contribution in [-0.4, -0.2) is 55.1 Å². The number of hydrogen-bond donors (Lipinski definition) is 1. The quantitative estimate of drug-likeness (QED) is 0.524. The van der Waals surface area contributed by atoms with E-state index in [2.05, 4.69) is 4.74 Å². The topological polar surface area (TPSA) is 63.6 Å². The second kappa shape index (κ2) is 4.95. The van der Waals surface area contributed by atoms with Gasteiger partial charge in [0.15, 0.2) is 6.10 Å². The fraction of sp³-hybridized carbons (Fsp3) is 0.778. The standard InChI is InChI=1S/C9H17NO4/c1-7(11)14-8(5-9(12)13)6-10(2,3)4/h8H,5-6H2,1-4H3/p+1/t8-/m1/s1/i2D3,3D3,4D3,5D2,6D2. The van der Waals surface area contributed by atoms with E-state index in [4.69, 9.17) is 22.9 Å². The molecule has 5 nitrogen and oxygen atoms in total. The van der Waals surface area contributed by atoms with Crippen LogP contribution in [0.1, 0.15) is 31.1 Å². The van der Waals surface area contributed by atoms with Crippen molar-refractivity contribution in [1.82, 2.24) is 0 Å². The molecule has 0 fully saturated rings. The number of esters is 1. The van der Waals surface area contributed by atoms with Crippen molar-refractivity contribution in [3.63, 3.8) is 0 Å². The third-order valence-electron chi connectivity index (χ3n) is 0.849. The second-order valence-electron chi connectivity index (χ2n) is 2.24. The van der Waals surface area contributed by atoms with Crippen molar-refractivity contribution in [3.8, 4) is 0 Å². The maximum atomic E-state index is 11.3. The molecule has 0 aliphatic heterocycles. The molecule has 0 aliphatic rings. The number of carboxylic acids is 1. The Morgan fingerprint density at radius 3 is 2.50 bits per heavy atom. The van der Waals surface area contributed by atoms with Crippen LogP contribution in [0.3, 0.4) is 0 Å². The Hall–Kier alpha value is -1.10. The maximum Gasteiger partial charge on any atom is 0.307 e. The minimum Gasteiger partial charge on any atom is -0.481 e. The molecule has 0 aromatic carbocycles. The summed E-state index contributed by atoms with van der Waals surface area (Å²) in [4.78, 5) is 22.5. The zero-order valence-electron chi connectivity index (χ0n) is 20.2. The van der Waals surface area contributed by atoms with E-state index in [9.17, 15) is 9.59 Å². The number of quaternary nitrogens is 1. The van der Waals surface area contributed by atoms with E-state index in [1.807, 2.05) is 0 Å². The highest BCUT2D eigenvalue weighted by atomic mass is 16.5. The van der Waals surface area contributed by atoms with Crippen molar-refractivity contribution >= 4 is 11.9 Å². The number of ether oxygens (including phenoxy) is 1. The number of carbonyl (C=O) groups excluding carboxylic acids is 1. The Balaban J connectivity index is 7.30. The van der Waals surface area contributed by atoms with E-state index in [1.54, 1.807) is 0 Å². The SMILES string of the molecule is [2H]C([2H])(C(=O)O)[C@@H](OC(C)=O)C([2H])([2H])[N+](C([2H])([2H])[2H])(C([2H])([2H])[2H])C([2H])([2H])[2H]. The van der Waals surface area contributed by atoms with Crippen LogP contribution in [0.25, 0.3) is 0 Å². The summed E-state index contributed by atoms with van der Waals surface area (Å²) in [5.41, 5.74) is 0. The number of likely N-dealkylation sites (N-methyl/N-ethyl adjacent to an activating group) is 1. The minimum absolute atomic E-state index is 0.593. The molecule has 0 aromatic heterocycles. The molecule has 82 valence electrons. The summed E-state index contributed by atoms with van der Waals surface area (Å²) in [5, 5.41) is 9.00. The molecule has 0 amide bonds. The lowest BCUT2D eigenvalue weighted by molar-refractivity contribution is -0.873. The first-order valence-corrected chi connectivity index (χ1v) is 3.29. The number of hydrogen-bond acceptors (Lipinski definition) is 3. The number of rotatable bonds is 5. The fourth-order valence-electron chi connectivity index (χ4n) is 0.542. The molecule has 0 aliphatic carbocycles. The number of carbonyl (C=O) groups is 2. The third-order valence-corrected chi connectivity index (χ3v) is 0.849. The van der Waals surface area contributed by atoms with Gasteiger partial charge in [0, 0.05) is 9.67 Å². The molecular weight excluding hydrogens is 186 g/mol. The summed E-state index contributed by atoms with van der Waals surface area (Å²) in [6.07, 6.45) is -7.11. The highest BCUT2D eigenvalue weighted by molar-refractivity contribution is 5.69. The van der Waals surface area contributed by atoms with Crippen molar-refractivity contribution in [2.24, 2.45) is 0 Å². The van der Waals surface area contributed by atoms with Crippen LogP contribution in [0, 0.1) is 0 Å². The molecule has 0 unspecified atom stereocenters. The van der Waals surface area contributed by atoms with Gasteiger partial charge in [-0.15, -0.1) is 0 Å². The van der Waals surface area contributed by atoms with Crippen molar-refractivity contribution in [3.05, 3.63) is 0 Å². The molecule has 0 saturated carbocycles. The van der Waals surface area contributed by atoms with E-state index in [0.717, 1.165) is 0 Å². The second-order valence-corrected chi connectivity index (χ2v) is 2.24. The Morgan fingerprint density at radius 1 is 1.57 bits per heavy atom. The zero-order valence-corrected chi connectivity index (χ0v) is 7.20. The highest BCUT2D eigenvalue weighted by Crippen LogP contribution is 2.04. The van der Waals surface area contributed by atoms with Gasteiger partial charge in [-0.25, -0.2) is 0 Å². The zero-order chi connectivity index (χ0) is 22.4. The molecule has 14 heavy (non-hydrogen) atoms. The average Bonchev–Trinajstić information content (AvgIpc) is 2.29. The predicted octanol–water partition coefficient (Wildman–Crippen LogP) is 0.0990. The number of carboxylic acid groups (broad SMARTS) is 1.